The highest BCUT2D eigenvalue weighted by Crippen LogP contribution is 2.16. The fourth-order valence-electron chi connectivity index (χ4n) is 1.80. The Hall–Kier alpha value is -2.63. The minimum atomic E-state index is -0.449. The minimum absolute atomic E-state index is 0.449. The molecule has 6 heteroatoms. The molecular formula is C12H11N5O. The Morgan fingerprint density at radius 1 is 1.33 bits per heavy atom. The second kappa shape index (κ2) is 3.99. The Balaban J connectivity index is 2.03. The van der Waals surface area contributed by atoms with Crippen molar-refractivity contribution < 1.29 is 4.79 Å². The van der Waals surface area contributed by atoms with Crippen molar-refractivity contribution >= 4 is 23.6 Å². The normalized spacial score (nSPS) is 14.3. The molecule has 2 aromatic rings. The Kier molecular flexibility index (Phi) is 2.33. The number of pyridine rings is 1. The summed E-state index contributed by atoms with van der Waals surface area (Å²) in [6.45, 7) is 0.545. The van der Waals surface area contributed by atoms with Crippen LogP contribution in [-0.4, -0.2) is 28.2 Å². The zero-order chi connectivity index (χ0) is 12.5. The molecule has 0 spiro atoms. The first-order chi connectivity index (χ1) is 8.74. The molecule has 0 unspecified atom stereocenters. The SMILES string of the molecule is NC(=O)c1ccc2nc(N3C=CC=NC3)cn2c1. The number of amides is 1. The first kappa shape index (κ1) is 10.5. The number of nitrogens with zero attached hydrogens (tertiary/aromatic N) is 4. The van der Waals surface area contributed by atoms with E-state index in [9.17, 15) is 4.79 Å². The number of aromatic nitrogens is 2. The van der Waals surface area contributed by atoms with Crippen LogP contribution in [0.1, 0.15) is 10.4 Å². The summed E-state index contributed by atoms with van der Waals surface area (Å²) in [4.78, 5) is 21.6. The van der Waals surface area contributed by atoms with Gasteiger partial charge in [-0.1, -0.05) is 0 Å². The number of imidazole rings is 1. The van der Waals surface area contributed by atoms with Crippen molar-refractivity contribution in [1.29, 1.82) is 0 Å². The number of hydrogen-bond acceptors (Lipinski definition) is 4. The molecule has 18 heavy (non-hydrogen) atoms. The summed E-state index contributed by atoms with van der Waals surface area (Å²) in [5, 5.41) is 0. The maximum Gasteiger partial charge on any atom is 0.250 e. The number of carbonyl (C=O) groups is 1. The van der Waals surface area contributed by atoms with Crippen LogP contribution in [-0.2, 0) is 0 Å². The number of anilines is 1. The summed E-state index contributed by atoms with van der Waals surface area (Å²) >= 11 is 0. The molecule has 0 fully saturated rings. The van der Waals surface area contributed by atoms with Gasteiger partial charge in [0.25, 0.3) is 0 Å². The molecule has 0 bridgehead atoms. The first-order valence-electron chi connectivity index (χ1n) is 5.46. The second-order valence-corrected chi connectivity index (χ2v) is 3.93. The zero-order valence-electron chi connectivity index (χ0n) is 9.52. The molecule has 2 N–H and O–H groups in total. The maximum atomic E-state index is 11.1. The molecule has 2 aromatic heterocycles. The number of aliphatic imine (C=N–C) groups is 1. The van der Waals surface area contributed by atoms with E-state index in [4.69, 9.17) is 5.73 Å². The van der Waals surface area contributed by atoms with Gasteiger partial charge in [0.2, 0.25) is 5.91 Å². The van der Waals surface area contributed by atoms with Crippen molar-refractivity contribution in [3.05, 3.63) is 42.4 Å². The number of nitrogens with two attached hydrogens (primary N) is 1. The van der Waals surface area contributed by atoms with E-state index in [1.165, 1.54) is 0 Å². The van der Waals surface area contributed by atoms with Crippen molar-refractivity contribution in [3.63, 3.8) is 0 Å². The van der Waals surface area contributed by atoms with E-state index in [0.717, 1.165) is 11.5 Å². The average Bonchev–Trinajstić information content (AvgIpc) is 2.82. The molecule has 0 aliphatic carbocycles. The highest BCUT2D eigenvalue weighted by Gasteiger charge is 2.10. The Labute approximate surface area is 103 Å². The lowest BCUT2D eigenvalue weighted by molar-refractivity contribution is 0.1000. The van der Waals surface area contributed by atoms with Gasteiger partial charge in [-0.3, -0.25) is 9.79 Å². The maximum absolute atomic E-state index is 11.1. The zero-order valence-corrected chi connectivity index (χ0v) is 9.52. The molecule has 0 saturated heterocycles. The van der Waals surface area contributed by atoms with E-state index < -0.39 is 5.91 Å². The summed E-state index contributed by atoms with van der Waals surface area (Å²) in [7, 11) is 0. The van der Waals surface area contributed by atoms with Gasteiger partial charge in [0.15, 0.2) is 5.82 Å². The Morgan fingerprint density at radius 3 is 2.94 bits per heavy atom. The predicted molar refractivity (Wildman–Crippen MR) is 68.7 cm³/mol. The van der Waals surface area contributed by atoms with Crippen molar-refractivity contribution in [3.8, 4) is 0 Å². The number of carbonyl (C=O) groups excluding carboxylic acids is 1. The van der Waals surface area contributed by atoms with Crippen molar-refractivity contribution in [2.75, 3.05) is 11.6 Å². The fourth-order valence-corrected chi connectivity index (χ4v) is 1.80. The molecule has 1 aliphatic rings. The summed E-state index contributed by atoms with van der Waals surface area (Å²) in [6.07, 6.45) is 9.02. The van der Waals surface area contributed by atoms with Crippen LogP contribution in [0.2, 0.25) is 0 Å². The monoisotopic (exact) mass is 241 g/mol. The molecule has 3 heterocycles. The third-order valence-corrected chi connectivity index (χ3v) is 2.71. The highest BCUT2D eigenvalue weighted by atomic mass is 16.1. The van der Waals surface area contributed by atoms with Gasteiger partial charge < -0.3 is 15.0 Å². The average molecular weight is 241 g/mol. The molecular weight excluding hydrogens is 230 g/mol. The summed E-state index contributed by atoms with van der Waals surface area (Å²) < 4.78 is 1.78. The van der Waals surface area contributed by atoms with E-state index >= 15 is 0 Å². The lowest BCUT2D eigenvalue weighted by Crippen LogP contribution is -2.18. The van der Waals surface area contributed by atoms with Crippen molar-refractivity contribution in [2.45, 2.75) is 0 Å². The summed E-state index contributed by atoms with van der Waals surface area (Å²) in [6, 6.07) is 3.43. The Bertz CT molecular complexity index is 670. The number of fused-ring (bicyclic) bond motifs is 1. The lowest BCUT2D eigenvalue weighted by atomic mass is 10.3. The largest absolute Gasteiger partial charge is 0.366 e. The van der Waals surface area contributed by atoms with Crippen LogP contribution in [0.25, 0.3) is 5.65 Å². The van der Waals surface area contributed by atoms with Crippen molar-refractivity contribution in [1.82, 2.24) is 9.38 Å². The quantitative estimate of drug-likeness (QED) is 0.844. The molecule has 6 nitrogen and oxygen atoms in total. The van der Waals surface area contributed by atoms with Crippen LogP contribution in [0.5, 0.6) is 0 Å². The molecule has 0 aromatic carbocycles. The fraction of sp³-hybridized carbons (Fsp3) is 0.0833. The van der Waals surface area contributed by atoms with Crippen LogP contribution < -0.4 is 10.6 Å². The first-order valence-corrected chi connectivity index (χ1v) is 5.46. The molecule has 3 rings (SSSR count). The summed E-state index contributed by atoms with van der Waals surface area (Å²) in [5.41, 5.74) is 6.46. The van der Waals surface area contributed by atoms with E-state index in [-0.39, 0.29) is 0 Å². The van der Waals surface area contributed by atoms with Crippen LogP contribution in [0, 0.1) is 0 Å². The van der Waals surface area contributed by atoms with Gasteiger partial charge in [0.1, 0.15) is 12.3 Å². The molecule has 0 atom stereocenters. The van der Waals surface area contributed by atoms with Gasteiger partial charge in [-0.25, -0.2) is 4.98 Å². The van der Waals surface area contributed by atoms with Crippen LogP contribution >= 0.6 is 0 Å². The van der Waals surface area contributed by atoms with E-state index in [1.807, 2.05) is 23.4 Å². The highest BCUT2D eigenvalue weighted by molar-refractivity contribution is 5.92. The van der Waals surface area contributed by atoms with E-state index in [2.05, 4.69) is 9.98 Å². The third-order valence-electron chi connectivity index (χ3n) is 2.71. The van der Waals surface area contributed by atoms with Gasteiger partial charge in [-0.15, -0.1) is 0 Å². The number of rotatable bonds is 2. The van der Waals surface area contributed by atoms with Gasteiger partial charge in [-0.2, -0.15) is 0 Å². The smallest absolute Gasteiger partial charge is 0.250 e. The van der Waals surface area contributed by atoms with Crippen molar-refractivity contribution in [2.24, 2.45) is 10.7 Å². The van der Waals surface area contributed by atoms with Crippen LogP contribution in [0.4, 0.5) is 5.82 Å². The van der Waals surface area contributed by atoms with Gasteiger partial charge in [-0.05, 0) is 18.2 Å². The van der Waals surface area contributed by atoms with E-state index in [0.29, 0.717) is 12.2 Å². The lowest BCUT2D eigenvalue weighted by Gasteiger charge is -2.15. The third kappa shape index (κ3) is 1.73. The molecule has 0 radical (unpaired) electrons. The molecule has 90 valence electrons. The van der Waals surface area contributed by atoms with Gasteiger partial charge in [0, 0.05) is 18.6 Å². The topological polar surface area (TPSA) is 76.0 Å². The number of primary amides is 1. The number of allylic oxidation sites excluding steroid dienone is 1. The molecule has 1 amide bonds. The standard InChI is InChI=1S/C12H11N5O/c13-12(18)9-2-3-10-15-11(7-17(10)6-9)16-5-1-4-14-8-16/h1-7H,8H2,(H2,13,18). The molecule has 0 saturated carbocycles. The predicted octanol–water partition coefficient (Wildman–Crippen LogP) is 0.795. The van der Waals surface area contributed by atoms with Crippen LogP contribution in [0.15, 0.2) is 41.8 Å². The van der Waals surface area contributed by atoms with Gasteiger partial charge >= 0.3 is 0 Å². The molecule has 1 aliphatic heterocycles. The second-order valence-electron chi connectivity index (χ2n) is 3.93. The number of hydrogen-bond donors (Lipinski definition) is 1. The summed E-state index contributed by atoms with van der Waals surface area (Å²) in [5.74, 6) is 0.333. The van der Waals surface area contributed by atoms with E-state index in [1.54, 1.807) is 28.9 Å². The van der Waals surface area contributed by atoms with Crippen LogP contribution in [0.3, 0.4) is 0 Å². The minimum Gasteiger partial charge on any atom is -0.366 e. The Morgan fingerprint density at radius 2 is 2.22 bits per heavy atom. The van der Waals surface area contributed by atoms with Gasteiger partial charge in [0.05, 0.1) is 11.8 Å².